The van der Waals surface area contributed by atoms with E-state index in [1.807, 2.05) is 58.8 Å². The zero-order chi connectivity index (χ0) is 21.3. The van der Waals surface area contributed by atoms with Crippen molar-refractivity contribution >= 4 is 12.4 Å². The number of hydrogen-bond acceptors (Lipinski definition) is 8. The summed E-state index contributed by atoms with van der Waals surface area (Å²) in [6.45, 7) is 3.19. The molecule has 30 heavy (non-hydrogen) atoms. The molecule has 1 aliphatic rings. The average Bonchev–Trinajstić information content (AvgIpc) is 2.81. The lowest BCUT2D eigenvalue weighted by Crippen LogP contribution is -2.41. The standard InChI is InChI=1S/C22H28N4O4/c1-27-19-7-5-17(13-21(19)29-3)15-23-25-9-11-26(12-10-25)24-16-18-6-8-20(28-2)22(14-18)30-4/h5-8,13-16H,9-12H2,1-4H3/b23-15-,24-16-. The first-order valence-electron chi connectivity index (χ1n) is 9.68. The van der Waals surface area contributed by atoms with E-state index in [9.17, 15) is 0 Å². The van der Waals surface area contributed by atoms with E-state index < -0.39 is 0 Å². The molecule has 1 aliphatic heterocycles. The zero-order valence-corrected chi connectivity index (χ0v) is 17.9. The van der Waals surface area contributed by atoms with Gasteiger partial charge in [-0.2, -0.15) is 10.2 Å². The topological polar surface area (TPSA) is 68.1 Å². The van der Waals surface area contributed by atoms with E-state index >= 15 is 0 Å². The fourth-order valence-electron chi connectivity index (χ4n) is 3.08. The SMILES string of the molecule is COc1ccc(/C=N\N2CCN(/N=C\c3ccc(OC)c(OC)c3)CC2)cc1OC. The van der Waals surface area contributed by atoms with Gasteiger partial charge in [0.1, 0.15) is 0 Å². The molecule has 3 rings (SSSR count). The maximum atomic E-state index is 5.34. The quantitative estimate of drug-likeness (QED) is 0.621. The number of nitrogens with zero attached hydrogens (tertiary/aromatic N) is 4. The molecule has 0 N–H and O–H groups in total. The third-order valence-electron chi connectivity index (χ3n) is 4.79. The number of methoxy groups -OCH3 is 4. The minimum atomic E-state index is 0.691. The van der Waals surface area contributed by atoms with Gasteiger partial charge in [-0.25, -0.2) is 0 Å². The second-order valence-electron chi connectivity index (χ2n) is 6.63. The molecule has 0 unspecified atom stereocenters. The first-order valence-corrected chi connectivity index (χ1v) is 9.68. The summed E-state index contributed by atoms with van der Waals surface area (Å²) in [5.74, 6) is 2.79. The molecule has 1 heterocycles. The van der Waals surface area contributed by atoms with Crippen molar-refractivity contribution in [3.05, 3.63) is 47.5 Å². The van der Waals surface area contributed by atoms with Gasteiger partial charge in [-0.1, -0.05) is 0 Å². The van der Waals surface area contributed by atoms with Crippen molar-refractivity contribution in [2.75, 3.05) is 54.6 Å². The Labute approximate surface area is 177 Å². The molecular formula is C22H28N4O4. The van der Waals surface area contributed by atoms with Gasteiger partial charge in [0.25, 0.3) is 0 Å². The third kappa shape index (κ3) is 5.34. The largest absolute Gasteiger partial charge is 0.493 e. The first-order chi connectivity index (χ1) is 14.7. The lowest BCUT2D eigenvalue weighted by Gasteiger charge is -2.31. The fourth-order valence-corrected chi connectivity index (χ4v) is 3.08. The number of hydrazone groups is 2. The van der Waals surface area contributed by atoms with Crippen LogP contribution >= 0.6 is 0 Å². The van der Waals surface area contributed by atoms with Crippen LogP contribution in [-0.2, 0) is 0 Å². The summed E-state index contributed by atoms with van der Waals surface area (Å²) < 4.78 is 21.2. The summed E-state index contributed by atoms with van der Waals surface area (Å²) in [7, 11) is 6.50. The van der Waals surface area contributed by atoms with Crippen LogP contribution in [0.2, 0.25) is 0 Å². The summed E-state index contributed by atoms with van der Waals surface area (Å²) in [5.41, 5.74) is 1.92. The Bertz CT molecular complexity index is 819. The Morgan fingerprint density at radius 3 is 1.30 bits per heavy atom. The molecule has 0 aliphatic carbocycles. The van der Waals surface area contributed by atoms with Crippen molar-refractivity contribution in [3.63, 3.8) is 0 Å². The second kappa shape index (κ2) is 10.4. The normalized spacial score (nSPS) is 14.4. The van der Waals surface area contributed by atoms with Gasteiger partial charge in [0.15, 0.2) is 23.0 Å². The molecule has 1 fully saturated rings. The molecule has 0 saturated carbocycles. The van der Waals surface area contributed by atoms with E-state index in [0.717, 1.165) is 37.3 Å². The smallest absolute Gasteiger partial charge is 0.161 e. The Hall–Kier alpha value is -3.42. The predicted molar refractivity (Wildman–Crippen MR) is 117 cm³/mol. The van der Waals surface area contributed by atoms with E-state index in [0.29, 0.717) is 23.0 Å². The summed E-state index contributed by atoms with van der Waals surface area (Å²) in [4.78, 5) is 0. The van der Waals surface area contributed by atoms with Crippen LogP contribution in [0.15, 0.2) is 46.6 Å². The molecule has 0 bridgehead atoms. The molecule has 160 valence electrons. The Balaban J connectivity index is 1.53. The first kappa shape index (κ1) is 21.3. The molecule has 0 aromatic heterocycles. The van der Waals surface area contributed by atoms with Crippen LogP contribution in [0.5, 0.6) is 23.0 Å². The van der Waals surface area contributed by atoms with Gasteiger partial charge in [0.05, 0.1) is 67.0 Å². The van der Waals surface area contributed by atoms with Crippen molar-refractivity contribution in [1.82, 2.24) is 10.0 Å². The van der Waals surface area contributed by atoms with Gasteiger partial charge in [0, 0.05) is 0 Å². The Kier molecular flexibility index (Phi) is 7.37. The Morgan fingerprint density at radius 1 is 0.600 bits per heavy atom. The van der Waals surface area contributed by atoms with Crippen LogP contribution in [0.1, 0.15) is 11.1 Å². The molecule has 8 heteroatoms. The fraction of sp³-hybridized carbons (Fsp3) is 0.364. The average molecular weight is 412 g/mol. The van der Waals surface area contributed by atoms with E-state index in [4.69, 9.17) is 18.9 Å². The van der Waals surface area contributed by atoms with Gasteiger partial charge in [0.2, 0.25) is 0 Å². The summed E-state index contributed by atoms with van der Waals surface area (Å²) >= 11 is 0. The maximum absolute atomic E-state index is 5.34. The highest BCUT2D eigenvalue weighted by molar-refractivity contribution is 5.81. The number of benzene rings is 2. The lowest BCUT2D eigenvalue weighted by atomic mass is 10.2. The zero-order valence-electron chi connectivity index (χ0n) is 17.9. The van der Waals surface area contributed by atoms with Gasteiger partial charge in [-0.3, -0.25) is 10.0 Å². The number of ether oxygens (including phenoxy) is 4. The molecule has 2 aromatic rings. The molecule has 0 amide bonds. The van der Waals surface area contributed by atoms with Crippen molar-refractivity contribution < 1.29 is 18.9 Å². The molecule has 0 atom stereocenters. The van der Waals surface area contributed by atoms with E-state index in [1.165, 1.54) is 0 Å². The van der Waals surface area contributed by atoms with E-state index in [-0.39, 0.29) is 0 Å². The van der Waals surface area contributed by atoms with Crippen molar-refractivity contribution in [3.8, 4) is 23.0 Å². The third-order valence-corrected chi connectivity index (χ3v) is 4.79. The maximum Gasteiger partial charge on any atom is 0.161 e. The van der Waals surface area contributed by atoms with Gasteiger partial charge < -0.3 is 18.9 Å². The number of piperazine rings is 1. The Morgan fingerprint density at radius 2 is 0.967 bits per heavy atom. The van der Waals surface area contributed by atoms with E-state index in [2.05, 4.69) is 10.2 Å². The highest BCUT2D eigenvalue weighted by Gasteiger charge is 2.13. The van der Waals surface area contributed by atoms with Crippen LogP contribution in [0, 0.1) is 0 Å². The molecule has 1 saturated heterocycles. The van der Waals surface area contributed by atoms with E-state index in [1.54, 1.807) is 28.4 Å². The number of rotatable bonds is 8. The highest BCUT2D eigenvalue weighted by Crippen LogP contribution is 2.27. The molecule has 0 radical (unpaired) electrons. The van der Waals surface area contributed by atoms with Crippen molar-refractivity contribution in [1.29, 1.82) is 0 Å². The van der Waals surface area contributed by atoms with Gasteiger partial charge >= 0.3 is 0 Å². The summed E-state index contributed by atoms with van der Waals surface area (Å²) in [6.07, 6.45) is 3.68. The number of hydrogen-bond donors (Lipinski definition) is 0. The monoisotopic (exact) mass is 412 g/mol. The van der Waals surface area contributed by atoms with Crippen LogP contribution in [0.25, 0.3) is 0 Å². The van der Waals surface area contributed by atoms with Crippen LogP contribution in [0.4, 0.5) is 0 Å². The van der Waals surface area contributed by atoms with Gasteiger partial charge in [-0.05, 0) is 47.5 Å². The van der Waals surface area contributed by atoms with Crippen LogP contribution < -0.4 is 18.9 Å². The minimum absolute atomic E-state index is 0.691. The minimum Gasteiger partial charge on any atom is -0.493 e. The molecule has 0 spiro atoms. The van der Waals surface area contributed by atoms with Crippen LogP contribution in [0.3, 0.4) is 0 Å². The van der Waals surface area contributed by atoms with Crippen LogP contribution in [-0.4, -0.2) is 77.1 Å². The van der Waals surface area contributed by atoms with Crippen molar-refractivity contribution in [2.45, 2.75) is 0 Å². The van der Waals surface area contributed by atoms with Crippen molar-refractivity contribution in [2.24, 2.45) is 10.2 Å². The molecule has 2 aromatic carbocycles. The lowest BCUT2D eigenvalue weighted by molar-refractivity contribution is 0.141. The van der Waals surface area contributed by atoms with Gasteiger partial charge in [-0.15, -0.1) is 0 Å². The molecular weight excluding hydrogens is 384 g/mol. The predicted octanol–water partition coefficient (Wildman–Crippen LogP) is 2.71. The molecule has 8 nitrogen and oxygen atoms in total. The summed E-state index contributed by atoms with van der Waals surface area (Å²) in [5, 5.41) is 13.2. The highest BCUT2D eigenvalue weighted by atomic mass is 16.5. The second-order valence-corrected chi connectivity index (χ2v) is 6.63. The summed E-state index contributed by atoms with van der Waals surface area (Å²) in [6, 6.07) is 11.5.